The fraction of sp³-hybridized carbons (Fsp3) is 0.500. The molecule has 2 atom stereocenters. The highest BCUT2D eigenvalue weighted by atomic mass is 35.5. The molecule has 1 heterocycles. The molecule has 1 fully saturated rings. The van der Waals surface area contributed by atoms with Crippen molar-refractivity contribution in [2.75, 3.05) is 13.1 Å². The minimum absolute atomic E-state index is 0.111. The maximum atomic E-state index is 13.0. The molecular weight excluding hydrogens is 323 g/mol. The number of nitrogens with zero attached hydrogens (tertiary/aromatic N) is 1. The lowest BCUT2D eigenvalue weighted by atomic mass is 10.2. The van der Waals surface area contributed by atoms with Crippen molar-refractivity contribution in [3.8, 4) is 5.75 Å². The van der Waals surface area contributed by atoms with Crippen molar-refractivity contribution >= 4 is 23.4 Å². The van der Waals surface area contributed by atoms with Crippen LogP contribution in [0.5, 0.6) is 5.75 Å². The standard InChI is InChI=1S/C16H20ClFN2O3/c1-10(9-20-7-3-4-15(20)21)19-16(22)11(2)23-14-6-5-12(18)8-13(14)17/h5-6,8,10-11H,3-4,7,9H2,1-2H3,(H,19,22)/t10-,11-/m1/s1. The van der Waals surface area contributed by atoms with E-state index in [9.17, 15) is 14.0 Å². The van der Waals surface area contributed by atoms with E-state index < -0.39 is 11.9 Å². The zero-order chi connectivity index (χ0) is 17.0. The third kappa shape index (κ3) is 4.82. The Hall–Kier alpha value is -1.82. The first kappa shape index (κ1) is 17.5. The molecule has 2 rings (SSSR count). The molecule has 1 saturated heterocycles. The summed E-state index contributed by atoms with van der Waals surface area (Å²) >= 11 is 5.87. The fourth-order valence-corrected chi connectivity index (χ4v) is 2.66. The van der Waals surface area contributed by atoms with E-state index in [1.54, 1.807) is 11.8 Å². The Morgan fingerprint density at radius 3 is 2.83 bits per heavy atom. The SMILES string of the molecule is C[C@H](CN1CCCC1=O)NC(=O)[C@@H](C)Oc1ccc(F)cc1Cl. The number of carbonyl (C=O) groups is 2. The first-order valence-corrected chi connectivity index (χ1v) is 7.94. The number of likely N-dealkylation sites (tertiary alicyclic amines) is 1. The summed E-state index contributed by atoms with van der Waals surface area (Å²) in [5, 5.41) is 2.91. The van der Waals surface area contributed by atoms with Gasteiger partial charge in [-0.25, -0.2) is 4.39 Å². The van der Waals surface area contributed by atoms with Crippen molar-refractivity contribution in [1.82, 2.24) is 10.2 Å². The van der Waals surface area contributed by atoms with Gasteiger partial charge in [0, 0.05) is 25.6 Å². The van der Waals surface area contributed by atoms with Gasteiger partial charge in [0.2, 0.25) is 5.91 Å². The highest BCUT2D eigenvalue weighted by molar-refractivity contribution is 6.32. The Balaban J connectivity index is 1.85. The number of ether oxygens (including phenoxy) is 1. The molecule has 0 aromatic heterocycles. The molecule has 7 heteroatoms. The largest absolute Gasteiger partial charge is 0.479 e. The minimum atomic E-state index is -0.783. The number of amides is 2. The van der Waals surface area contributed by atoms with E-state index in [1.807, 2.05) is 6.92 Å². The number of hydrogen-bond donors (Lipinski definition) is 1. The van der Waals surface area contributed by atoms with Crippen LogP contribution in [0.2, 0.25) is 5.02 Å². The van der Waals surface area contributed by atoms with Crippen molar-refractivity contribution in [2.24, 2.45) is 0 Å². The highest BCUT2D eigenvalue weighted by Crippen LogP contribution is 2.25. The third-order valence-electron chi connectivity index (χ3n) is 3.62. The zero-order valence-electron chi connectivity index (χ0n) is 13.1. The first-order valence-electron chi connectivity index (χ1n) is 7.56. The van der Waals surface area contributed by atoms with Crippen LogP contribution in [-0.2, 0) is 9.59 Å². The minimum Gasteiger partial charge on any atom is -0.479 e. The molecule has 1 aromatic rings. The van der Waals surface area contributed by atoms with Gasteiger partial charge in [-0.1, -0.05) is 11.6 Å². The van der Waals surface area contributed by atoms with Crippen LogP contribution >= 0.6 is 11.6 Å². The van der Waals surface area contributed by atoms with Crippen LogP contribution in [0, 0.1) is 5.82 Å². The second-order valence-corrected chi connectivity index (χ2v) is 6.09. The topological polar surface area (TPSA) is 58.6 Å². The maximum Gasteiger partial charge on any atom is 0.261 e. The summed E-state index contributed by atoms with van der Waals surface area (Å²) in [5.74, 6) is -0.417. The normalized spacial score (nSPS) is 17.0. The summed E-state index contributed by atoms with van der Waals surface area (Å²) in [5.41, 5.74) is 0. The molecule has 5 nitrogen and oxygen atoms in total. The number of halogens is 2. The van der Waals surface area contributed by atoms with Crippen molar-refractivity contribution < 1.29 is 18.7 Å². The van der Waals surface area contributed by atoms with Crippen LogP contribution in [0.3, 0.4) is 0 Å². The predicted octanol–water partition coefficient (Wildman–Crippen LogP) is 2.37. The van der Waals surface area contributed by atoms with Crippen LogP contribution in [0.1, 0.15) is 26.7 Å². The Labute approximate surface area is 139 Å². The lowest BCUT2D eigenvalue weighted by Crippen LogP contribution is -2.46. The highest BCUT2D eigenvalue weighted by Gasteiger charge is 2.24. The summed E-state index contributed by atoms with van der Waals surface area (Å²) in [7, 11) is 0. The number of benzene rings is 1. The molecule has 2 amide bonds. The summed E-state index contributed by atoms with van der Waals surface area (Å²) in [6, 6.07) is 3.55. The average Bonchev–Trinajstić information content (AvgIpc) is 2.87. The van der Waals surface area contributed by atoms with Crippen molar-refractivity contribution in [1.29, 1.82) is 0 Å². The van der Waals surface area contributed by atoms with Gasteiger partial charge in [0.15, 0.2) is 6.10 Å². The van der Waals surface area contributed by atoms with Gasteiger partial charge in [-0.05, 0) is 38.5 Å². The molecule has 0 saturated carbocycles. The molecule has 23 heavy (non-hydrogen) atoms. The van der Waals surface area contributed by atoms with Gasteiger partial charge in [-0.2, -0.15) is 0 Å². The molecule has 0 aliphatic carbocycles. The lowest BCUT2D eigenvalue weighted by molar-refractivity contribution is -0.130. The van der Waals surface area contributed by atoms with E-state index in [-0.39, 0.29) is 28.6 Å². The Morgan fingerprint density at radius 2 is 2.22 bits per heavy atom. The van der Waals surface area contributed by atoms with E-state index in [2.05, 4.69) is 5.32 Å². The Bertz CT molecular complexity index is 597. The number of carbonyl (C=O) groups excluding carboxylic acids is 2. The molecule has 0 spiro atoms. The van der Waals surface area contributed by atoms with Gasteiger partial charge >= 0.3 is 0 Å². The molecule has 1 aliphatic rings. The van der Waals surface area contributed by atoms with Gasteiger partial charge < -0.3 is 15.0 Å². The van der Waals surface area contributed by atoms with Crippen molar-refractivity contribution in [3.63, 3.8) is 0 Å². The molecule has 0 bridgehead atoms. The molecule has 1 aromatic carbocycles. The lowest BCUT2D eigenvalue weighted by Gasteiger charge is -2.23. The number of nitrogens with one attached hydrogen (secondary N) is 1. The molecule has 1 N–H and O–H groups in total. The zero-order valence-corrected chi connectivity index (χ0v) is 13.9. The Kier molecular flexibility index (Phi) is 5.82. The molecule has 126 valence electrons. The molecule has 1 aliphatic heterocycles. The third-order valence-corrected chi connectivity index (χ3v) is 3.92. The van der Waals surface area contributed by atoms with Gasteiger partial charge in [0.05, 0.1) is 5.02 Å². The number of rotatable bonds is 6. The van der Waals surface area contributed by atoms with Gasteiger partial charge in [-0.15, -0.1) is 0 Å². The van der Waals surface area contributed by atoms with E-state index >= 15 is 0 Å². The van der Waals surface area contributed by atoms with Crippen LogP contribution in [0.15, 0.2) is 18.2 Å². The second-order valence-electron chi connectivity index (χ2n) is 5.69. The van der Waals surface area contributed by atoms with Crippen molar-refractivity contribution in [3.05, 3.63) is 29.0 Å². The van der Waals surface area contributed by atoms with Crippen molar-refractivity contribution in [2.45, 2.75) is 38.8 Å². The van der Waals surface area contributed by atoms with Crippen LogP contribution in [0.4, 0.5) is 4.39 Å². The summed E-state index contributed by atoms with van der Waals surface area (Å²) < 4.78 is 18.5. The maximum absolute atomic E-state index is 13.0. The molecule has 0 unspecified atom stereocenters. The summed E-state index contributed by atoms with van der Waals surface area (Å²) in [4.78, 5) is 25.5. The van der Waals surface area contributed by atoms with E-state index in [1.165, 1.54) is 12.1 Å². The van der Waals surface area contributed by atoms with Crippen LogP contribution in [-0.4, -0.2) is 41.9 Å². The smallest absolute Gasteiger partial charge is 0.261 e. The summed E-state index contributed by atoms with van der Waals surface area (Å²) in [6.45, 7) is 4.63. The van der Waals surface area contributed by atoms with E-state index in [4.69, 9.17) is 16.3 Å². The average molecular weight is 343 g/mol. The predicted molar refractivity (Wildman–Crippen MR) is 84.9 cm³/mol. The quantitative estimate of drug-likeness (QED) is 0.863. The molecule has 0 radical (unpaired) electrons. The summed E-state index contributed by atoms with van der Waals surface area (Å²) in [6.07, 6.45) is 0.653. The first-order chi connectivity index (χ1) is 10.9. The van der Waals surface area contributed by atoms with Crippen LogP contribution in [0.25, 0.3) is 0 Å². The second kappa shape index (κ2) is 7.64. The van der Waals surface area contributed by atoms with E-state index in [0.29, 0.717) is 13.0 Å². The van der Waals surface area contributed by atoms with Gasteiger partial charge in [-0.3, -0.25) is 9.59 Å². The van der Waals surface area contributed by atoms with Crippen LogP contribution < -0.4 is 10.1 Å². The number of hydrogen-bond acceptors (Lipinski definition) is 3. The molecular formula is C16H20ClFN2O3. The Morgan fingerprint density at radius 1 is 1.48 bits per heavy atom. The van der Waals surface area contributed by atoms with Gasteiger partial charge in [0.1, 0.15) is 11.6 Å². The fourth-order valence-electron chi connectivity index (χ4n) is 2.45. The van der Waals surface area contributed by atoms with Gasteiger partial charge in [0.25, 0.3) is 5.91 Å². The van der Waals surface area contributed by atoms with E-state index in [0.717, 1.165) is 19.0 Å². The monoisotopic (exact) mass is 342 g/mol.